The zero-order valence-electron chi connectivity index (χ0n) is 4.33. The predicted molar refractivity (Wildman–Crippen MR) is 35.0 cm³/mol. The van der Waals surface area contributed by atoms with Gasteiger partial charge in [0.05, 0.1) is 0 Å². The lowest BCUT2D eigenvalue weighted by Gasteiger charge is -1.90. The van der Waals surface area contributed by atoms with Gasteiger partial charge in [0, 0.05) is 6.20 Å². The maximum atomic E-state index is 5.34. The van der Waals surface area contributed by atoms with E-state index >= 15 is 0 Å². The van der Waals surface area contributed by atoms with Gasteiger partial charge in [0.25, 0.3) is 0 Å². The van der Waals surface area contributed by atoms with Gasteiger partial charge in [-0.3, -0.25) is 4.98 Å². The molecule has 3 heteroatoms. The lowest BCUT2D eigenvalue weighted by molar-refractivity contribution is 1.40. The standard InChI is InChI=1S/C5H3B2N/c6-4-1-2-8-5(7)3-4/h1-3H. The first kappa shape index (κ1) is 5.42. The first-order valence-corrected chi connectivity index (χ1v) is 2.26. The van der Waals surface area contributed by atoms with Crippen molar-refractivity contribution in [2.24, 2.45) is 0 Å². The van der Waals surface area contributed by atoms with Crippen molar-refractivity contribution in [3.63, 3.8) is 0 Å². The van der Waals surface area contributed by atoms with E-state index in [0.717, 1.165) is 0 Å². The highest BCUT2D eigenvalue weighted by Gasteiger charge is 1.81. The fraction of sp³-hybridized carbons (Fsp3) is 0. The molecular formula is C5H3B2N. The molecule has 0 aliphatic rings. The number of rotatable bonds is 0. The van der Waals surface area contributed by atoms with Crippen LogP contribution in [0.15, 0.2) is 18.3 Å². The third-order valence-electron chi connectivity index (χ3n) is 0.805. The van der Waals surface area contributed by atoms with Gasteiger partial charge in [-0.05, 0) is 5.59 Å². The van der Waals surface area contributed by atoms with Crippen molar-refractivity contribution >= 4 is 26.7 Å². The smallest absolute Gasteiger partial charge is 0.141 e. The van der Waals surface area contributed by atoms with Gasteiger partial charge >= 0.3 is 0 Å². The van der Waals surface area contributed by atoms with Crippen LogP contribution in [-0.4, -0.2) is 20.7 Å². The van der Waals surface area contributed by atoms with Gasteiger partial charge in [0.2, 0.25) is 0 Å². The van der Waals surface area contributed by atoms with Crippen molar-refractivity contribution in [2.75, 3.05) is 0 Å². The molecule has 0 aliphatic carbocycles. The molecule has 1 rings (SSSR count). The summed E-state index contributed by atoms with van der Waals surface area (Å²) in [7, 11) is 10.6. The van der Waals surface area contributed by atoms with Gasteiger partial charge in [-0.2, -0.15) is 0 Å². The second kappa shape index (κ2) is 2.03. The molecule has 0 saturated heterocycles. The van der Waals surface area contributed by atoms with Crippen LogP contribution in [-0.2, 0) is 0 Å². The largest absolute Gasteiger partial charge is 0.273 e. The molecule has 34 valence electrons. The molecule has 0 atom stereocenters. The Hall–Kier alpha value is -0.720. The number of hydrogen-bond donors (Lipinski definition) is 0. The molecule has 0 unspecified atom stereocenters. The van der Waals surface area contributed by atoms with Crippen LogP contribution < -0.4 is 11.1 Å². The Bertz CT molecular complexity index is 170. The highest BCUT2D eigenvalue weighted by molar-refractivity contribution is 6.36. The summed E-state index contributed by atoms with van der Waals surface area (Å²) in [6, 6.07) is 3.30. The van der Waals surface area contributed by atoms with Gasteiger partial charge in [0.15, 0.2) is 0 Å². The van der Waals surface area contributed by atoms with Crippen molar-refractivity contribution in [3.05, 3.63) is 18.3 Å². The van der Waals surface area contributed by atoms with Crippen LogP contribution in [0, 0.1) is 0 Å². The minimum atomic E-state index is 0.463. The number of hydrogen-bond acceptors (Lipinski definition) is 1. The van der Waals surface area contributed by atoms with Crippen LogP contribution in [0.25, 0.3) is 0 Å². The average molecular weight is 98.7 g/mol. The van der Waals surface area contributed by atoms with Crippen LogP contribution in [0.3, 0.4) is 0 Å². The summed E-state index contributed by atoms with van der Waals surface area (Å²) < 4.78 is 0. The van der Waals surface area contributed by atoms with Gasteiger partial charge < -0.3 is 0 Å². The molecule has 0 amide bonds. The van der Waals surface area contributed by atoms with Gasteiger partial charge in [-0.1, -0.05) is 17.6 Å². The van der Waals surface area contributed by atoms with Gasteiger partial charge in [-0.15, -0.1) is 0 Å². The lowest BCUT2D eigenvalue weighted by atomic mass is 9.92. The maximum Gasteiger partial charge on any atom is 0.141 e. The summed E-state index contributed by atoms with van der Waals surface area (Å²) >= 11 is 0. The first-order valence-electron chi connectivity index (χ1n) is 2.26. The quantitative estimate of drug-likeness (QED) is 0.367. The van der Waals surface area contributed by atoms with E-state index in [1.54, 1.807) is 18.3 Å². The van der Waals surface area contributed by atoms with Crippen molar-refractivity contribution in [2.45, 2.75) is 0 Å². The molecule has 1 heterocycles. The van der Waals surface area contributed by atoms with Crippen LogP contribution in [0.1, 0.15) is 0 Å². The highest BCUT2D eigenvalue weighted by atomic mass is 14.6. The van der Waals surface area contributed by atoms with E-state index in [1.807, 2.05) is 0 Å². The Morgan fingerprint density at radius 1 is 1.38 bits per heavy atom. The predicted octanol–water partition coefficient (Wildman–Crippen LogP) is -1.33. The molecule has 0 aromatic carbocycles. The second-order valence-corrected chi connectivity index (χ2v) is 1.51. The van der Waals surface area contributed by atoms with Gasteiger partial charge in [0.1, 0.15) is 15.7 Å². The summed E-state index contributed by atoms with van der Waals surface area (Å²) in [6.07, 6.45) is 1.57. The van der Waals surface area contributed by atoms with E-state index < -0.39 is 0 Å². The lowest BCUT2D eigenvalue weighted by Crippen LogP contribution is -2.15. The van der Waals surface area contributed by atoms with Crippen LogP contribution in [0.2, 0.25) is 0 Å². The molecule has 4 radical (unpaired) electrons. The average Bonchev–Trinajstić information content (AvgIpc) is 1.64. The SMILES string of the molecule is [B]c1ccnc([B])c1. The van der Waals surface area contributed by atoms with E-state index in [-0.39, 0.29) is 0 Å². The minimum Gasteiger partial charge on any atom is -0.273 e. The summed E-state index contributed by atoms with van der Waals surface area (Å²) in [5.41, 5.74) is 1.11. The summed E-state index contributed by atoms with van der Waals surface area (Å²) in [5, 5.41) is 0. The van der Waals surface area contributed by atoms with Gasteiger partial charge in [-0.25, -0.2) is 0 Å². The summed E-state index contributed by atoms with van der Waals surface area (Å²) in [6.45, 7) is 0. The molecule has 1 aromatic heterocycles. The number of aromatic nitrogens is 1. The van der Waals surface area contributed by atoms with E-state index in [0.29, 0.717) is 11.1 Å². The normalized spacial score (nSPS) is 9.00. The molecule has 0 fully saturated rings. The van der Waals surface area contributed by atoms with E-state index in [4.69, 9.17) is 15.7 Å². The monoisotopic (exact) mass is 99.0 g/mol. The Kier molecular flexibility index (Phi) is 1.38. The van der Waals surface area contributed by atoms with Crippen molar-refractivity contribution in [1.82, 2.24) is 4.98 Å². The number of nitrogens with zero attached hydrogens (tertiary/aromatic N) is 1. The van der Waals surface area contributed by atoms with Crippen molar-refractivity contribution in [1.29, 1.82) is 0 Å². The topological polar surface area (TPSA) is 12.9 Å². The summed E-state index contributed by atoms with van der Waals surface area (Å²) in [5.74, 6) is 0. The molecule has 0 spiro atoms. The molecule has 0 bridgehead atoms. The minimum absolute atomic E-state index is 0.463. The molecular weight excluding hydrogens is 95.7 g/mol. The first-order chi connectivity index (χ1) is 3.79. The molecule has 1 aromatic rings. The zero-order chi connectivity index (χ0) is 5.98. The number of pyridine rings is 1. The summed E-state index contributed by atoms with van der Waals surface area (Å²) in [4.78, 5) is 3.74. The van der Waals surface area contributed by atoms with Crippen LogP contribution >= 0.6 is 0 Å². The Balaban J connectivity index is 3.08. The Morgan fingerprint density at radius 2 is 2.12 bits per heavy atom. The van der Waals surface area contributed by atoms with Crippen molar-refractivity contribution < 1.29 is 0 Å². The molecule has 1 nitrogen and oxygen atoms in total. The third kappa shape index (κ3) is 1.12. The van der Waals surface area contributed by atoms with E-state index in [2.05, 4.69) is 4.98 Å². The highest BCUT2D eigenvalue weighted by Crippen LogP contribution is 1.66. The van der Waals surface area contributed by atoms with E-state index in [9.17, 15) is 0 Å². The fourth-order valence-corrected chi connectivity index (χ4v) is 0.466. The molecule has 0 N–H and O–H groups in total. The molecule has 8 heavy (non-hydrogen) atoms. The maximum absolute atomic E-state index is 5.34. The van der Waals surface area contributed by atoms with Crippen LogP contribution in [0.5, 0.6) is 0 Å². The van der Waals surface area contributed by atoms with Crippen LogP contribution in [0.4, 0.5) is 0 Å². The molecule has 0 saturated carbocycles. The Morgan fingerprint density at radius 3 is 2.50 bits per heavy atom. The third-order valence-corrected chi connectivity index (χ3v) is 0.805. The fourth-order valence-electron chi connectivity index (χ4n) is 0.466. The van der Waals surface area contributed by atoms with Crippen molar-refractivity contribution in [3.8, 4) is 0 Å². The zero-order valence-corrected chi connectivity index (χ0v) is 4.33. The van der Waals surface area contributed by atoms with E-state index in [1.165, 1.54) is 0 Å². The Labute approximate surface area is 51.0 Å². The molecule has 0 aliphatic heterocycles. The second-order valence-electron chi connectivity index (χ2n) is 1.51.